The van der Waals surface area contributed by atoms with Crippen LogP contribution in [-0.4, -0.2) is 18.8 Å². The lowest BCUT2D eigenvalue weighted by Crippen LogP contribution is -2.39. The summed E-state index contributed by atoms with van der Waals surface area (Å²) in [5, 5.41) is 0. The molecule has 1 aromatic carbocycles. The third-order valence-electron chi connectivity index (χ3n) is 2.56. The van der Waals surface area contributed by atoms with Crippen molar-refractivity contribution < 1.29 is 13.2 Å². The van der Waals surface area contributed by atoms with Gasteiger partial charge in [0.1, 0.15) is 6.54 Å². The van der Waals surface area contributed by atoms with E-state index in [-0.39, 0.29) is 6.04 Å². The summed E-state index contributed by atoms with van der Waals surface area (Å²) in [5.74, 6) is 0. The van der Waals surface area contributed by atoms with Gasteiger partial charge in [0.2, 0.25) is 0 Å². The molecule has 0 aromatic heterocycles. The summed E-state index contributed by atoms with van der Waals surface area (Å²) in [6.07, 6.45) is -4.22. The van der Waals surface area contributed by atoms with Crippen LogP contribution in [0.2, 0.25) is 0 Å². The van der Waals surface area contributed by atoms with Crippen molar-refractivity contribution in [2.75, 3.05) is 11.4 Å². The number of nitrogens with two attached hydrogens (primary N) is 1. The van der Waals surface area contributed by atoms with Crippen molar-refractivity contribution in [3.05, 3.63) is 28.2 Å². The zero-order valence-electron chi connectivity index (χ0n) is 10.3. The normalized spacial score (nSPS) is 12.0. The Morgan fingerprint density at radius 2 is 1.94 bits per heavy atom. The molecule has 0 aliphatic heterocycles. The van der Waals surface area contributed by atoms with Crippen molar-refractivity contribution >= 4 is 21.6 Å². The highest BCUT2D eigenvalue weighted by molar-refractivity contribution is 9.10. The second kappa shape index (κ2) is 5.93. The Morgan fingerprint density at radius 1 is 1.33 bits per heavy atom. The molecule has 0 amide bonds. The Balaban J connectivity index is 3.03. The maximum absolute atomic E-state index is 12.5. The van der Waals surface area contributed by atoms with Gasteiger partial charge in [-0.3, -0.25) is 0 Å². The first-order valence-corrected chi connectivity index (χ1v) is 6.36. The standard InChI is InChI=1S/C12H16BrF3N2/c1-8(2)18(7-12(14,15)16)10-4-3-9(6-17)11(13)5-10/h3-5,8H,6-7,17H2,1-2H3. The highest BCUT2D eigenvalue weighted by Crippen LogP contribution is 2.28. The van der Waals surface area contributed by atoms with Crippen LogP contribution in [-0.2, 0) is 6.54 Å². The SMILES string of the molecule is CC(C)N(CC(F)(F)F)c1ccc(CN)c(Br)c1. The predicted molar refractivity (Wildman–Crippen MR) is 70.6 cm³/mol. The molecule has 1 aromatic rings. The van der Waals surface area contributed by atoms with E-state index in [9.17, 15) is 13.2 Å². The van der Waals surface area contributed by atoms with E-state index < -0.39 is 12.7 Å². The summed E-state index contributed by atoms with van der Waals surface area (Å²) in [6.45, 7) is 2.86. The van der Waals surface area contributed by atoms with Gasteiger partial charge in [-0.1, -0.05) is 22.0 Å². The molecule has 0 fully saturated rings. The van der Waals surface area contributed by atoms with Crippen LogP contribution < -0.4 is 10.6 Å². The second-order valence-electron chi connectivity index (χ2n) is 4.32. The summed E-state index contributed by atoms with van der Waals surface area (Å²) < 4.78 is 38.3. The fourth-order valence-corrected chi connectivity index (χ4v) is 2.17. The van der Waals surface area contributed by atoms with E-state index in [0.29, 0.717) is 12.2 Å². The molecule has 0 radical (unpaired) electrons. The average Bonchev–Trinajstić information content (AvgIpc) is 2.24. The van der Waals surface area contributed by atoms with Gasteiger partial charge in [-0.15, -0.1) is 0 Å². The third-order valence-corrected chi connectivity index (χ3v) is 3.30. The summed E-state index contributed by atoms with van der Waals surface area (Å²) in [7, 11) is 0. The molecule has 2 N–H and O–H groups in total. The molecule has 6 heteroatoms. The topological polar surface area (TPSA) is 29.3 Å². The Morgan fingerprint density at radius 3 is 2.33 bits per heavy atom. The third kappa shape index (κ3) is 4.17. The lowest BCUT2D eigenvalue weighted by atomic mass is 10.1. The van der Waals surface area contributed by atoms with E-state index >= 15 is 0 Å². The van der Waals surface area contributed by atoms with Gasteiger partial charge in [0.25, 0.3) is 0 Å². The molecule has 0 bridgehead atoms. The van der Waals surface area contributed by atoms with Gasteiger partial charge in [-0.05, 0) is 31.5 Å². The molecule has 18 heavy (non-hydrogen) atoms. The molecule has 0 unspecified atom stereocenters. The molecule has 0 saturated carbocycles. The fraction of sp³-hybridized carbons (Fsp3) is 0.500. The summed E-state index contributed by atoms with van der Waals surface area (Å²) in [4.78, 5) is 1.31. The van der Waals surface area contributed by atoms with Crippen LogP contribution in [0.15, 0.2) is 22.7 Å². The van der Waals surface area contributed by atoms with Crippen molar-refractivity contribution in [3.8, 4) is 0 Å². The molecule has 0 spiro atoms. The average molecular weight is 325 g/mol. The van der Waals surface area contributed by atoms with Gasteiger partial charge in [0.15, 0.2) is 0 Å². The molecule has 0 aliphatic rings. The van der Waals surface area contributed by atoms with Crippen LogP contribution >= 0.6 is 15.9 Å². The number of halogens is 4. The molecule has 0 saturated heterocycles. The molecular formula is C12H16BrF3N2. The highest BCUT2D eigenvalue weighted by Gasteiger charge is 2.32. The van der Waals surface area contributed by atoms with Gasteiger partial charge < -0.3 is 10.6 Å². The Bertz CT molecular complexity index is 405. The number of alkyl halides is 3. The molecule has 0 atom stereocenters. The Hall–Kier alpha value is -0.750. The summed E-state index contributed by atoms with van der Waals surface area (Å²) in [5.41, 5.74) is 6.92. The quantitative estimate of drug-likeness (QED) is 0.915. The largest absolute Gasteiger partial charge is 0.405 e. The van der Waals surface area contributed by atoms with E-state index in [2.05, 4.69) is 15.9 Å². The highest BCUT2D eigenvalue weighted by atomic mass is 79.9. The van der Waals surface area contributed by atoms with Gasteiger partial charge in [0.05, 0.1) is 0 Å². The second-order valence-corrected chi connectivity index (χ2v) is 5.17. The number of benzene rings is 1. The first-order chi connectivity index (χ1) is 8.24. The van der Waals surface area contributed by atoms with Crippen molar-refractivity contribution in [1.29, 1.82) is 0 Å². The van der Waals surface area contributed by atoms with Crippen LogP contribution in [0, 0.1) is 0 Å². The zero-order valence-corrected chi connectivity index (χ0v) is 11.8. The van der Waals surface area contributed by atoms with Gasteiger partial charge >= 0.3 is 6.18 Å². The maximum Gasteiger partial charge on any atom is 0.405 e. The van der Waals surface area contributed by atoms with Gasteiger partial charge in [-0.25, -0.2) is 0 Å². The van der Waals surface area contributed by atoms with Gasteiger partial charge in [-0.2, -0.15) is 13.2 Å². The number of anilines is 1. The van der Waals surface area contributed by atoms with Crippen LogP contribution in [0.1, 0.15) is 19.4 Å². The predicted octanol–water partition coefficient (Wildman–Crippen LogP) is 3.68. The Kier molecular flexibility index (Phi) is 5.04. The minimum Gasteiger partial charge on any atom is -0.360 e. The molecule has 102 valence electrons. The molecule has 1 rings (SSSR count). The van der Waals surface area contributed by atoms with Crippen LogP contribution in [0.4, 0.5) is 18.9 Å². The monoisotopic (exact) mass is 324 g/mol. The van der Waals surface area contributed by atoms with Crippen molar-refractivity contribution in [2.45, 2.75) is 32.6 Å². The van der Waals surface area contributed by atoms with E-state index in [1.807, 2.05) is 0 Å². The van der Waals surface area contributed by atoms with E-state index in [4.69, 9.17) is 5.73 Å². The molecule has 2 nitrogen and oxygen atoms in total. The summed E-state index contributed by atoms with van der Waals surface area (Å²) >= 11 is 3.32. The fourth-order valence-electron chi connectivity index (χ4n) is 1.65. The van der Waals surface area contributed by atoms with Gasteiger partial charge in [0, 0.05) is 22.7 Å². The van der Waals surface area contributed by atoms with Crippen molar-refractivity contribution in [2.24, 2.45) is 5.73 Å². The summed E-state index contributed by atoms with van der Waals surface area (Å²) in [6, 6.07) is 4.85. The maximum atomic E-state index is 12.5. The van der Waals surface area contributed by atoms with Crippen molar-refractivity contribution in [1.82, 2.24) is 0 Å². The van der Waals surface area contributed by atoms with Crippen molar-refractivity contribution in [3.63, 3.8) is 0 Å². The lowest BCUT2D eigenvalue weighted by Gasteiger charge is -2.30. The number of rotatable bonds is 4. The molecular weight excluding hydrogens is 309 g/mol. The van der Waals surface area contributed by atoms with Crippen LogP contribution in [0.3, 0.4) is 0 Å². The first kappa shape index (κ1) is 15.3. The van der Waals surface area contributed by atoms with E-state index in [1.165, 1.54) is 4.90 Å². The first-order valence-electron chi connectivity index (χ1n) is 5.56. The minimum absolute atomic E-state index is 0.234. The zero-order chi connectivity index (χ0) is 13.9. The number of hydrogen-bond donors (Lipinski definition) is 1. The molecule has 0 heterocycles. The number of hydrogen-bond acceptors (Lipinski definition) is 2. The van der Waals surface area contributed by atoms with E-state index in [1.54, 1.807) is 32.0 Å². The molecule has 0 aliphatic carbocycles. The minimum atomic E-state index is -4.22. The van der Waals surface area contributed by atoms with E-state index in [0.717, 1.165) is 10.0 Å². The number of nitrogens with zero attached hydrogens (tertiary/aromatic N) is 1. The lowest BCUT2D eigenvalue weighted by molar-refractivity contribution is -0.120. The Labute approximate surface area is 113 Å². The van der Waals surface area contributed by atoms with Crippen LogP contribution in [0.5, 0.6) is 0 Å². The smallest absolute Gasteiger partial charge is 0.360 e. The van der Waals surface area contributed by atoms with Crippen LogP contribution in [0.25, 0.3) is 0 Å².